The fourth-order valence-electron chi connectivity index (χ4n) is 2.02. The van der Waals surface area contributed by atoms with Crippen LogP contribution in [0.15, 0.2) is 40.9 Å². The lowest BCUT2D eigenvalue weighted by molar-refractivity contribution is 0.194. The van der Waals surface area contributed by atoms with E-state index >= 15 is 0 Å². The van der Waals surface area contributed by atoms with E-state index in [4.69, 9.17) is 4.74 Å². The maximum Gasteiger partial charge on any atom is 0.266 e. The molecule has 0 bridgehead atoms. The lowest BCUT2D eigenvalue weighted by atomic mass is 10.1. The zero-order valence-electron chi connectivity index (χ0n) is 12.3. The van der Waals surface area contributed by atoms with Crippen LogP contribution in [0.25, 0.3) is 0 Å². The Morgan fingerprint density at radius 2 is 1.47 bits per heavy atom. The van der Waals surface area contributed by atoms with Gasteiger partial charge >= 0.3 is 0 Å². The third kappa shape index (κ3) is 4.39. The molecule has 0 unspecified atom stereocenters. The van der Waals surface area contributed by atoms with E-state index < -0.39 is 0 Å². The van der Waals surface area contributed by atoms with Crippen LogP contribution in [0.4, 0.5) is 0 Å². The van der Waals surface area contributed by atoms with Gasteiger partial charge in [-0.25, -0.2) is 0 Å². The van der Waals surface area contributed by atoms with Gasteiger partial charge in [0, 0.05) is 27.7 Å². The summed E-state index contributed by atoms with van der Waals surface area (Å²) < 4.78 is 5.77. The van der Waals surface area contributed by atoms with E-state index in [0.717, 1.165) is 16.0 Å². The predicted octanol–water partition coefficient (Wildman–Crippen LogP) is 6.06. The molecule has 0 fully saturated rings. The normalized spacial score (nSPS) is 9.58. The Labute approximate surface area is 124 Å². The van der Waals surface area contributed by atoms with Crippen molar-refractivity contribution in [3.05, 3.63) is 57.6 Å². The highest BCUT2D eigenvalue weighted by Crippen LogP contribution is 2.32. The van der Waals surface area contributed by atoms with Crippen molar-refractivity contribution in [2.45, 2.75) is 34.6 Å². The molecule has 0 saturated heterocycles. The first-order valence-corrected chi connectivity index (χ1v) is 7.41. The molecule has 0 radical (unpaired) electrons. The molecule has 0 aromatic heterocycles. The lowest BCUT2D eigenvalue weighted by Gasteiger charge is -2.09. The number of aryl methyl sites for hydroxylation is 3. The van der Waals surface area contributed by atoms with Gasteiger partial charge in [-0.2, -0.15) is 0 Å². The summed E-state index contributed by atoms with van der Waals surface area (Å²) in [7, 11) is 0. The number of ether oxygens (including phenoxy) is 1. The molecule has 19 heavy (non-hydrogen) atoms. The van der Waals surface area contributed by atoms with E-state index in [-0.39, 0.29) is 0 Å². The van der Waals surface area contributed by atoms with Crippen molar-refractivity contribution in [1.29, 1.82) is 0 Å². The predicted molar refractivity (Wildman–Crippen MR) is 87.3 cm³/mol. The van der Waals surface area contributed by atoms with Gasteiger partial charge in [-0.3, -0.25) is 0 Å². The molecular formula is C17H22BrO+. The molecule has 1 N–H and O–H groups in total. The van der Waals surface area contributed by atoms with E-state index in [2.05, 4.69) is 48.8 Å². The lowest BCUT2D eigenvalue weighted by Crippen LogP contribution is -1.89. The van der Waals surface area contributed by atoms with Gasteiger partial charge in [-0.05, 0) is 44.5 Å². The Morgan fingerprint density at radius 3 is 2.00 bits per heavy atom. The van der Waals surface area contributed by atoms with Crippen LogP contribution >= 0.6 is 15.9 Å². The maximum atomic E-state index is 4.71. The molecule has 0 aliphatic carbocycles. The van der Waals surface area contributed by atoms with Gasteiger partial charge in [0.25, 0.3) is 11.5 Å². The molecule has 2 rings (SSSR count). The standard InChI is InChI=1S/C15H15BrO.C2H6/c1-10-7-11(2)15(12(3)8-10)17-14-6-4-5-13(16)9-14;1-2/h4-9H,1-3H3;1-2H3/p+1. The van der Waals surface area contributed by atoms with Crippen LogP contribution in [0.5, 0.6) is 11.5 Å². The number of benzene rings is 2. The zero-order chi connectivity index (χ0) is 14.4. The number of hydrogen-bond donors (Lipinski definition) is 0. The Bertz CT molecular complexity index is 524. The summed E-state index contributed by atoms with van der Waals surface area (Å²) in [4.78, 5) is 0. The quantitative estimate of drug-likeness (QED) is 0.597. The summed E-state index contributed by atoms with van der Waals surface area (Å²) in [5.41, 5.74) is 3.73. The van der Waals surface area contributed by atoms with Crippen LogP contribution in [0.1, 0.15) is 30.5 Å². The van der Waals surface area contributed by atoms with Crippen LogP contribution in [-0.2, 0) is 0 Å². The van der Waals surface area contributed by atoms with Crippen LogP contribution in [0, 0.1) is 20.8 Å². The molecule has 0 aliphatic rings. The average Bonchev–Trinajstić information content (AvgIpc) is 2.36. The van der Waals surface area contributed by atoms with Crippen molar-refractivity contribution in [3.63, 3.8) is 0 Å². The Balaban J connectivity index is 0.000000861. The topological polar surface area (TPSA) is 12.8 Å². The summed E-state index contributed by atoms with van der Waals surface area (Å²) in [6.45, 7) is 10.3. The van der Waals surface area contributed by atoms with Crippen LogP contribution in [0.2, 0.25) is 0 Å². The molecular weight excluding hydrogens is 300 g/mol. The first-order chi connectivity index (χ1) is 9.06. The maximum absolute atomic E-state index is 4.71. The number of halogens is 1. The highest BCUT2D eigenvalue weighted by atomic mass is 79.9. The highest BCUT2D eigenvalue weighted by Gasteiger charge is 2.11. The first kappa shape index (κ1) is 15.8. The van der Waals surface area contributed by atoms with E-state index in [9.17, 15) is 0 Å². The van der Waals surface area contributed by atoms with Crippen molar-refractivity contribution in [3.8, 4) is 11.5 Å². The average molecular weight is 322 g/mol. The molecule has 0 spiro atoms. The van der Waals surface area contributed by atoms with E-state index in [0.29, 0.717) is 0 Å². The summed E-state index contributed by atoms with van der Waals surface area (Å²) in [6.07, 6.45) is 0. The van der Waals surface area contributed by atoms with Gasteiger partial charge in [0.1, 0.15) is 0 Å². The van der Waals surface area contributed by atoms with E-state index in [1.54, 1.807) is 0 Å². The zero-order valence-corrected chi connectivity index (χ0v) is 13.9. The Hall–Kier alpha value is -1.28. The molecule has 0 saturated carbocycles. The van der Waals surface area contributed by atoms with Crippen molar-refractivity contribution in [2.24, 2.45) is 0 Å². The van der Waals surface area contributed by atoms with Crippen LogP contribution in [-0.4, -0.2) is 4.74 Å². The van der Waals surface area contributed by atoms with Gasteiger partial charge in [0.05, 0.1) is 0 Å². The smallest absolute Gasteiger partial charge is 0.266 e. The minimum Gasteiger partial charge on any atom is -0.546 e. The van der Waals surface area contributed by atoms with Gasteiger partial charge in [0.15, 0.2) is 0 Å². The largest absolute Gasteiger partial charge is 0.546 e. The van der Waals surface area contributed by atoms with Gasteiger partial charge < -0.3 is 4.74 Å². The molecule has 0 atom stereocenters. The molecule has 2 aromatic rings. The molecule has 0 amide bonds. The number of hydrogen-bond acceptors (Lipinski definition) is 0. The van der Waals surface area contributed by atoms with Crippen molar-refractivity contribution in [1.82, 2.24) is 0 Å². The first-order valence-electron chi connectivity index (χ1n) is 6.61. The molecule has 0 heterocycles. The third-order valence-electron chi connectivity index (χ3n) is 2.68. The molecule has 2 aromatic carbocycles. The number of rotatable bonds is 2. The van der Waals surface area contributed by atoms with Gasteiger partial charge in [0.2, 0.25) is 0 Å². The fourth-order valence-corrected chi connectivity index (χ4v) is 2.41. The molecule has 2 heteroatoms. The molecule has 1 nitrogen and oxygen atoms in total. The minimum absolute atomic E-state index is 0.981. The van der Waals surface area contributed by atoms with Gasteiger partial charge in [-0.15, -0.1) is 0 Å². The van der Waals surface area contributed by atoms with E-state index in [1.165, 1.54) is 16.7 Å². The Morgan fingerprint density at radius 1 is 0.895 bits per heavy atom. The third-order valence-corrected chi connectivity index (χ3v) is 3.18. The molecule has 0 aliphatic heterocycles. The monoisotopic (exact) mass is 321 g/mol. The van der Waals surface area contributed by atoms with Crippen molar-refractivity contribution in [2.75, 3.05) is 0 Å². The van der Waals surface area contributed by atoms with Gasteiger partial charge in [-0.1, -0.05) is 35.8 Å². The van der Waals surface area contributed by atoms with Crippen molar-refractivity contribution < 1.29 is 4.74 Å². The second-order valence-electron chi connectivity index (χ2n) is 4.34. The Kier molecular flexibility index (Phi) is 6.10. The SMILES string of the molecule is CC.Cc1cc(C)c([OH+]c2cccc(Br)c2)c(C)c1. The fraction of sp³-hybridized carbons (Fsp3) is 0.294. The summed E-state index contributed by atoms with van der Waals surface area (Å²) in [5.74, 6) is 2.06. The van der Waals surface area contributed by atoms with Crippen LogP contribution in [0.3, 0.4) is 0 Å². The summed E-state index contributed by atoms with van der Waals surface area (Å²) >= 11 is 3.46. The minimum atomic E-state index is 0.981. The second kappa shape index (κ2) is 7.34. The summed E-state index contributed by atoms with van der Waals surface area (Å²) in [5, 5.41) is 0. The van der Waals surface area contributed by atoms with E-state index in [1.807, 2.05) is 38.1 Å². The number of aromatic hydroxyl groups is 2. The summed E-state index contributed by atoms with van der Waals surface area (Å²) in [6, 6.07) is 12.4. The second-order valence-corrected chi connectivity index (χ2v) is 5.25. The van der Waals surface area contributed by atoms with Crippen molar-refractivity contribution >= 4 is 15.9 Å². The molecule has 102 valence electrons. The van der Waals surface area contributed by atoms with Crippen LogP contribution < -0.4 is 0 Å². The highest BCUT2D eigenvalue weighted by molar-refractivity contribution is 9.10.